The second kappa shape index (κ2) is 5.19. The van der Waals surface area contributed by atoms with Crippen LogP contribution in [0.2, 0.25) is 0 Å². The lowest BCUT2D eigenvalue weighted by molar-refractivity contribution is 0.526. The molecule has 0 aliphatic carbocycles. The van der Waals surface area contributed by atoms with Gasteiger partial charge in [-0.25, -0.2) is 4.98 Å². The standard InChI is InChI=1S/C13H19N3O/c1-3-5-16-6-4-15-13(16)8-12(14)11-7-10(2)17-9-11/h4,6-7,9,12H,3,5,8,14H2,1-2H3. The quantitative estimate of drug-likeness (QED) is 0.863. The van der Waals surface area contributed by atoms with Crippen molar-refractivity contribution in [2.75, 3.05) is 0 Å². The summed E-state index contributed by atoms with van der Waals surface area (Å²) in [6.07, 6.45) is 7.41. The first-order valence-electron chi connectivity index (χ1n) is 6.01. The van der Waals surface area contributed by atoms with Gasteiger partial charge in [0, 0.05) is 37.0 Å². The highest BCUT2D eigenvalue weighted by Gasteiger charge is 2.12. The first-order valence-corrected chi connectivity index (χ1v) is 6.01. The molecule has 2 aromatic heterocycles. The summed E-state index contributed by atoms with van der Waals surface area (Å²) < 4.78 is 7.43. The first kappa shape index (κ1) is 11.9. The summed E-state index contributed by atoms with van der Waals surface area (Å²) in [5.41, 5.74) is 7.19. The van der Waals surface area contributed by atoms with Crippen LogP contribution in [0.25, 0.3) is 0 Å². The normalized spacial score (nSPS) is 12.9. The minimum Gasteiger partial charge on any atom is -0.469 e. The Labute approximate surface area is 101 Å². The fourth-order valence-corrected chi connectivity index (χ4v) is 1.95. The summed E-state index contributed by atoms with van der Waals surface area (Å²) in [7, 11) is 0. The van der Waals surface area contributed by atoms with E-state index in [2.05, 4.69) is 16.5 Å². The summed E-state index contributed by atoms with van der Waals surface area (Å²) in [5, 5.41) is 0. The largest absolute Gasteiger partial charge is 0.469 e. The molecule has 92 valence electrons. The third-order valence-electron chi connectivity index (χ3n) is 2.85. The molecule has 4 heteroatoms. The van der Waals surface area contributed by atoms with Crippen molar-refractivity contribution in [1.29, 1.82) is 0 Å². The predicted octanol–water partition coefficient (Wildman–Crippen LogP) is 2.44. The van der Waals surface area contributed by atoms with Crippen molar-refractivity contribution in [2.24, 2.45) is 5.73 Å². The Bertz CT molecular complexity index is 472. The van der Waals surface area contributed by atoms with E-state index < -0.39 is 0 Å². The Hall–Kier alpha value is -1.55. The van der Waals surface area contributed by atoms with Gasteiger partial charge in [0.1, 0.15) is 11.6 Å². The Balaban J connectivity index is 2.07. The van der Waals surface area contributed by atoms with Crippen LogP contribution in [0.1, 0.15) is 36.5 Å². The Morgan fingerprint density at radius 3 is 3.00 bits per heavy atom. The molecule has 0 amide bonds. The molecule has 0 saturated carbocycles. The van der Waals surface area contributed by atoms with Gasteiger partial charge in [-0.2, -0.15) is 0 Å². The van der Waals surface area contributed by atoms with Gasteiger partial charge < -0.3 is 14.7 Å². The maximum absolute atomic E-state index is 6.15. The molecule has 1 atom stereocenters. The van der Waals surface area contributed by atoms with Crippen LogP contribution >= 0.6 is 0 Å². The van der Waals surface area contributed by atoms with Gasteiger partial charge in [-0.05, 0) is 19.4 Å². The molecule has 0 aliphatic heterocycles. The highest BCUT2D eigenvalue weighted by molar-refractivity contribution is 5.17. The number of furan rings is 1. The second-order valence-corrected chi connectivity index (χ2v) is 4.34. The highest BCUT2D eigenvalue weighted by atomic mass is 16.3. The number of hydrogen-bond acceptors (Lipinski definition) is 3. The van der Waals surface area contributed by atoms with Crippen molar-refractivity contribution in [1.82, 2.24) is 9.55 Å². The van der Waals surface area contributed by atoms with Crippen LogP contribution < -0.4 is 5.73 Å². The summed E-state index contributed by atoms with van der Waals surface area (Å²) in [6.45, 7) is 5.07. The molecule has 2 rings (SSSR count). The van der Waals surface area contributed by atoms with Crippen LogP contribution in [0.4, 0.5) is 0 Å². The summed E-state index contributed by atoms with van der Waals surface area (Å²) in [4.78, 5) is 4.36. The zero-order valence-electron chi connectivity index (χ0n) is 10.4. The van der Waals surface area contributed by atoms with Crippen molar-refractivity contribution < 1.29 is 4.42 Å². The van der Waals surface area contributed by atoms with E-state index in [-0.39, 0.29) is 6.04 Å². The van der Waals surface area contributed by atoms with Gasteiger partial charge in [0.25, 0.3) is 0 Å². The van der Waals surface area contributed by atoms with Crippen LogP contribution in [0.5, 0.6) is 0 Å². The van der Waals surface area contributed by atoms with E-state index in [4.69, 9.17) is 10.2 Å². The molecule has 0 fully saturated rings. The molecule has 0 saturated heterocycles. The highest BCUT2D eigenvalue weighted by Crippen LogP contribution is 2.17. The number of aromatic nitrogens is 2. The Kier molecular flexibility index (Phi) is 3.64. The van der Waals surface area contributed by atoms with Gasteiger partial charge in [0.2, 0.25) is 0 Å². The minimum atomic E-state index is -0.0505. The monoisotopic (exact) mass is 233 g/mol. The van der Waals surface area contributed by atoms with Crippen LogP contribution in [0, 0.1) is 6.92 Å². The molecule has 0 spiro atoms. The zero-order valence-corrected chi connectivity index (χ0v) is 10.4. The van der Waals surface area contributed by atoms with Gasteiger partial charge in [0.05, 0.1) is 6.26 Å². The van der Waals surface area contributed by atoms with E-state index in [1.807, 2.05) is 25.4 Å². The van der Waals surface area contributed by atoms with Crippen LogP contribution in [-0.4, -0.2) is 9.55 Å². The van der Waals surface area contributed by atoms with Gasteiger partial charge >= 0.3 is 0 Å². The number of rotatable bonds is 5. The van der Waals surface area contributed by atoms with E-state index >= 15 is 0 Å². The number of hydrogen-bond donors (Lipinski definition) is 1. The Morgan fingerprint density at radius 2 is 2.35 bits per heavy atom. The van der Waals surface area contributed by atoms with Crippen molar-refractivity contribution in [3.8, 4) is 0 Å². The lowest BCUT2D eigenvalue weighted by atomic mass is 10.1. The number of nitrogens with zero attached hydrogens (tertiary/aromatic N) is 2. The number of imidazole rings is 1. The van der Waals surface area contributed by atoms with E-state index in [1.54, 1.807) is 6.26 Å². The Morgan fingerprint density at radius 1 is 1.53 bits per heavy atom. The maximum Gasteiger partial charge on any atom is 0.110 e. The smallest absolute Gasteiger partial charge is 0.110 e. The molecule has 0 aromatic carbocycles. The fraction of sp³-hybridized carbons (Fsp3) is 0.462. The first-order chi connectivity index (χ1) is 8.20. The van der Waals surface area contributed by atoms with Gasteiger partial charge in [-0.1, -0.05) is 6.92 Å². The van der Waals surface area contributed by atoms with Crippen LogP contribution in [-0.2, 0) is 13.0 Å². The maximum atomic E-state index is 6.15. The molecule has 4 nitrogen and oxygen atoms in total. The summed E-state index contributed by atoms with van der Waals surface area (Å²) in [5.74, 6) is 1.94. The number of nitrogens with two attached hydrogens (primary N) is 1. The van der Waals surface area contributed by atoms with Gasteiger partial charge in [-0.15, -0.1) is 0 Å². The van der Waals surface area contributed by atoms with E-state index in [1.165, 1.54) is 0 Å². The van der Waals surface area contributed by atoms with E-state index in [0.29, 0.717) is 0 Å². The SMILES string of the molecule is CCCn1ccnc1CC(N)c1coc(C)c1. The van der Waals surface area contributed by atoms with Gasteiger partial charge in [0.15, 0.2) is 0 Å². The number of aryl methyl sites for hydroxylation is 2. The molecule has 2 aromatic rings. The molecule has 2 N–H and O–H groups in total. The molecular formula is C13H19N3O. The molecule has 0 aliphatic rings. The van der Waals surface area contributed by atoms with Crippen molar-refractivity contribution in [3.05, 3.63) is 41.9 Å². The molecule has 1 unspecified atom stereocenters. The lowest BCUT2D eigenvalue weighted by Crippen LogP contribution is -2.16. The third-order valence-corrected chi connectivity index (χ3v) is 2.85. The van der Waals surface area contributed by atoms with Crippen LogP contribution in [0.15, 0.2) is 29.1 Å². The molecule has 2 heterocycles. The molecule has 0 radical (unpaired) electrons. The minimum absolute atomic E-state index is 0.0505. The fourth-order valence-electron chi connectivity index (χ4n) is 1.95. The predicted molar refractivity (Wildman–Crippen MR) is 66.6 cm³/mol. The topological polar surface area (TPSA) is 57.0 Å². The molecule has 17 heavy (non-hydrogen) atoms. The average Bonchev–Trinajstić information content (AvgIpc) is 2.89. The summed E-state index contributed by atoms with van der Waals surface area (Å²) in [6, 6.07) is 1.93. The van der Waals surface area contributed by atoms with Crippen LogP contribution in [0.3, 0.4) is 0 Å². The van der Waals surface area contributed by atoms with Crippen molar-refractivity contribution >= 4 is 0 Å². The van der Waals surface area contributed by atoms with E-state index in [0.717, 1.165) is 36.5 Å². The lowest BCUT2D eigenvalue weighted by Gasteiger charge is -2.11. The third kappa shape index (κ3) is 2.77. The van der Waals surface area contributed by atoms with Crippen molar-refractivity contribution in [2.45, 2.75) is 39.3 Å². The summed E-state index contributed by atoms with van der Waals surface area (Å²) >= 11 is 0. The zero-order chi connectivity index (χ0) is 12.3. The second-order valence-electron chi connectivity index (χ2n) is 4.34. The van der Waals surface area contributed by atoms with E-state index in [9.17, 15) is 0 Å². The van der Waals surface area contributed by atoms with Crippen molar-refractivity contribution in [3.63, 3.8) is 0 Å². The average molecular weight is 233 g/mol. The molecule has 0 bridgehead atoms. The van der Waals surface area contributed by atoms with Gasteiger partial charge in [-0.3, -0.25) is 0 Å². The molecular weight excluding hydrogens is 214 g/mol.